The average molecular weight is 220 g/mol. The molecule has 0 saturated carbocycles. The molecule has 0 rings (SSSR count). The maximum absolute atomic E-state index is 3.56. The summed E-state index contributed by atoms with van der Waals surface area (Å²) in [5, 5.41) is 0. The zero-order chi connectivity index (χ0) is 14.0. The highest BCUT2D eigenvalue weighted by atomic mass is 13.6. The molecule has 0 aliphatic carbocycles. The van der Waals surface area contributed by atoms with E-state index in [1.807, 2.05) is 55.4 Å². The fraction of sp³-hybridized carbons (Fsp3) is 0.500. The van der Waals surface area contributed by atoms with Crippen LogP contribution in [-0.4, -0.2) is 0 Å². The summed E-state index contributed by atoms with van der Waals surface area (Å²) in [4.78, 5) is 0. The van der Waals surface area contributed by atoms with Crippen LogP contribution in [0.2, 0.25) is 0 Å². The molecule has 0 fully saturated rings. The molecule has 0 nitrogen and oxygen atoms in total. The normalized spacial score (nSPS) is 5.00. The second-order valence-electron chi connectivity index (χ2n) is 3.41. The van der Waals surface area contributed by atoms with Crippen molar-refractivity contribution in [1.82, 2.24) is 0 Å². The molecule has 92 valence electrons. The van der Waals surface area contributed by atoms with E-state index in [-0.39, 0.29) is 0 Å². The summed E-state index contributed by atoms with van der Waals surface area (Å²) in [6, 6.07) is 0. The third kappa shape index (κ3) is 4710. The van der Waals surface area contributed by atoms with Gasteiger partial charge in [0, 0.05) is 0 Å². The molecule has 0 radical (unpaired) electrons. The highest BCUT2D eigenvalue weighted by Gasteiger charge is 1.52. The van der Waals surface area contributed by atoms with Gasteiger partial charge < -0.3 is 0 Å². The quantitative estimate of drug-likeness (QED) is 0.387. The van der Waals surface area contributed by atoms with Crippen molar-refractivity contribution >= 4 is 0 Å². The molecule has 0 aliphatic rings. The molecule has 0 heterocycles. The van der Waals surface area contributed by atoms with E-state index in [0.717, 1.165) is 0 Å². The van der Waals surface area contributed by atoms with E-state index in [2.05, 4.69) is 36.8 Å². The van der Waals surface area contributed by atoms with Gasteiger partial charge in [0.25, 0.3) is 0 Å². The van der Waals surface area contributed by atoms with Crippen LogP contribution in [-0.2, 0) is 0 Å². The summed E-state index contributed by atoms with van der Waals surface area (Å²) in [5.74, 6) is 10.7. The van der Waals surface area contributed by atoms with Gasteiger partial charge in [-0.3, -0.25) is 0 Å². The Bertz CT molecular complexity index is 208. The molecule has 0 heteroatoms. The Labute approximate surface area is 104 Å². The summed E-state index contributed by atoms with van der Waals surface area (Å²) >= 11 is 0. The monoisotopic (exact) mass is 220 g/mol. The summed E-state index contributed by atoms with van der Waals surface area (Å²) in [7, 11) is 0. The van der Waals surface area contributed by atoms with Crippen LogP contribution in [0.1, 0.15) is 55.4 Å². The van der Waals surface area contributed by atoms with Crippen molar-refractivity contribution in [2.24, 2.45) is 0 Å². The van der Waals surface area contributed by atoms with Crippen LogP contribution in [0.15, 0.2) is 24.3 Å². The van der Waals surface area contributed by atoms with E-state index < -0.39 is 0 Å². The molecule has 0 amide bonds. The lowest BCUT2D eigenvalue weighted by Crippen LogP contribution is -1.43. The number of hydrogen-bond donors (Lipinski definition) is 0. The fourth-order valence-electron chi connectivity index (χ4n) is 0. The Morgan fingerprint density at radius 2 is 0.625 bits per heavy atom. The van der Waals surface area contributed by atoms with E-state index in [1.54, 1.807) is 0 Å². The van der Waals surface area contributed by atoms with Gasteiger partial charge in [0.1, 0.15) is 0 Å². The van der Waals surface area contributed by atoms with Crippen LogP contribution in [0.5, 0.6) is 0 Å². The lowest BCUT2D eigenvalue weighted by Gasteiger charge is -1.65. The molecule has 0 aromatic heterocycles. The summed E-state index contributed by atoms with van der Waals surface area (Å²) in [6.45, 7) is 22.3. The van der Waals surface area contributed by atoms with E-state index in [0.29, 0.717) is 0 Å². The minimum Gasteiger partial charge on any atom is -0.107 e. The molecule has 16 heavy (non-hydrogen) atoms. The fourth-order valence-corrected chi connectivity index (χ4v) is 0. The van der Waals surface area contributed by atoms with Gasteiger partial charge in [-0.1, -0.05) is 11.1 Å². The van der Waals surface area contributed by atoms with Crippen molar-refractivity contribution in [3.8, 4) is 23.7 Å². The predicted molar refractivity (Wildman–Crippen MR) is 79.2 cm³/mol. The number of hydrogen-bond acceptors (Lipinski definition) is 0. The Morgan fingerprint density at radius 3 is 0.625 bits per heavy atom. The number of rotatable bonds is 0. The lowest BCUT2D eigenvalue weighted by molar-refractivity contribution is 1.42. The lowest BCUT2D eigenvalue weighted by atomic mass is 10.4. The molecule has 0 bridgehead atoms. The van der Waals surface area contributed by atoms with Crippen LogP contribution in [0.4, 0.5) is 0 Å². The molecular formula is C16H28. The minimum absolute atomic E-state index is 1.17. The third-order valence-corrected chi connectivity index (χ3v) is 0.500. The van der Waals surface area contributed by atoms with Gasteiger partial charge in [0.05, 0.1) is 0 Å². The Kier molecular flexibility index (Phi) is 43.9. The summed E-state index contributed by atoms with van der Waals surface area (Å²) in [6.07, 6.45) is 0. The van der Waals surface area contributed by atoms with Crippen LogP contribution >= 0.6 is 0 Å². The van der Waals surface area contributed by atoms with Crippen molar-refractivity contribution < 1.29 is 0 Å². The maximum Gasteiger partial charge on any atom is -0.00271 e. The van der Waals surface area contributed by atoms with Gasteiger partial charge >= 0.3 is 0 Å². The Hall–Kier alpha value is -1.40. The van der Waals surface area contributed by atoms with Gasteiger partial charge in [-0.25, -0.2) is 0 Å². The minimum atomic E-state index is 1.17. The zero-order valence-corrected chi connectivity index (χ0v) is 12.4. The van der Waals surface area contributed by atoms with E-state index in [4.69, 9.17) is 0 Å². The molecule has 0 spiro atoms. The third-order valence-electron chi connectivity index (χ3n) is 0.500. The first-order valence-corrected chi connectivity index (χ1v) is 5.21. The van der Waals surface area contributed by atoms with Gasteiger partial charge in [-0.2, -0.15) is 0 Å². The van der Waals surface area contributed by atoms with Crippen molar-refractivity contribution in [1.29, 1.82) is 0 Å². The largest absolute Gasteiger partial charge is 0.107 e. The average Bonchev–Trinajstić information content (AvgIpc) is 2.16. The summed E-state index contributed by atoms with van der Waals surface area (Å²) in [5.41, 5.74) is 2.33. The molecule has 0 aromatic carbocycles. The van der Waals surface area contributed by atoms with Crippen LogP contribution in [0.3, 0.4) is 0 Å². The van der Waals surface area contributed by atoms with Gasteiger partial charge in [0.2, 0.25) is 0 Å². The van der Waals surface area contributed by atoms with Gasteiger partial charge in [-0.05, 0) is 55.4 Å². The SMILES string of the molecule is C=C(C)C.C=C(C)C.CC#CC.CC#CC. The smallest absolute Gasteiger partial charge is 0.00271 e. The number of allylic oxidation sites excluding steroid dienone is 2. The van der Waals surface area contributed by atoms with Crippen molar-refractivity contribution in [3.63, 3.8) is 0 Å². The highest BCUT2D eigenvalue weighted by molar-refractivity contribution is 4.89. The topological polar surface area (TPSA) is 0 Å². The molecule has 0 unspecified atom stereocenters. The van der Waals surface area contributed by atoms with Crippen molar-refractivity contribution in [2.75, 3.05) is 0 Å². The first kappa shape index (κ1) is 24.0. The molecule has 0 saturated heterocycles. The second-order valence-corrected chi connectivity index (χ2v) is 3.41. The van der Waals surface area contributed by atoms with E-state index in [9.17, 15) is 0 Å². The van der Waals surface area contributed by atoms with E-state index in [1.165, 1.54) is 11.1 Å². The maximum atomic E-state index is 3.56. The van der Waals surface area contributed by atoms with Crippen LogP contribution in [0.25, 0.3) is 0 Å². The van der Waals surface area contributed by atoms with Crippen molar-refractivity contribution in [3.05, 3.63) is 24.3 Å². The molecule has 0 aromatic rings. The standard InChI is InChI=1S/2C4H8.2C4H6/c2*1-4(2)3;2*1-3-4-2/h2*1H2,2-3H3;2*1-2H3. The first-order valence-electron chi connectivity index (χ1n) is 5.21. The van der Waals surface area contributed by atoms with Gasteiger partial charge in [-0.15, -0.1) is 36.8 Å². The van der Waals surface area contributed by atoms with Crippen molar-refractivity contribution in [2.45, 2.75) is 55.4 Å². The van der Waals surface area contributed by atoms with Crippen LogP contribution < -0.4 is 0 Å². The second kappa shape index (κ2) is 29.2. The zero-order valence-electron chi connectivity index (χ0n) is 12.4. The first-order chi connectivity index (χ1) is 7.29. The van der Waals surface area contributed by atoms with Gasteiger partial charge in [0.15, 0.2) is 0 Å². The van der Waals surface area contributed by atoms with Crippen LogP contribution in [0, 0.1) is 23.7 Å². The highest BCUT2D eigenvalue weighted by Crippen LogP contribution is 1.74. The molecule has 0 N–H and O–H groups in total. The van der Waals surface area contributed by atoms with E-state index >= 15 is 0 Å². The Balaban J connectivity index is -0.0000000600. The molecule has 0 atom stereocenters. The predicted octanol–water partition coefficient (Wildman–Crippen LogP) is 5.22. The molecule has 0 aliphatic heterocycles. The Morgan fingerprint density at radius 1 is 0.562 bits per heavy atom. The molecular weight excluding hydrogens is 192 g/mol. The summed E-state index contributed by atoms with van der Waals surface area (Å²) < 4.78 is 0.